The highest BCUT2D eigenvalue weighted by atomic mass is 35.5. The number of ether oxygens (including phenoxy) is 2. The fourth-order valence-electron chi connectivity index (χ4n) is 2.21. The van der Waals surface area contributed by atoms with Gasteiger partial charge in [0.25, 0.3) is 0 Å². The maximum atomic E-state index is 11.6. The van der Waals surface area contributed by atoms with Crippen molar-refractivity contribution >= 4 is 28.7 Å². The van der Waals surface area contributed by atoms with Crippen LogP contribution in [-0.2, 0) is 9.53 Å². The second kappa shape index (κ2) is 6.93. The van der Waals surface area contributed by atoms with Crippen LogP contribution in [0.2, 0.25) is 5.02 Å². The quantitative estimate of drug-likeness (QED) is 0.638. The fourth-order valence-corrected chi connectivity index (χ4v) is 2.37. The lowest BCUT2D eigenvalue weighted by atomic mass is 10.2. The molecule has 124 valence electrons. The highest BCUT2D eigenvalue weighted by Crippen LogP contribution is 2.27. The van der Waals surface area contributed by atoms with Gasteiger partial charge in [-0.25, -0.2) is 9.78 Å². The van der Waals surface area contributed by atoms with Crippen LogP contribution in [0, 0.1) is 0 Å². The van der Waals surface area contributed by atoms with Gasteiger partial charge in [0.05, 0.1) is 6.61 Å². The lowest BCUT2D eigenvalue weighted by Crippen LogP contribution is -2.25. The number of aromatic nitrogens is 1. The molecule has 5 nitrogen and oxygen atoms in total. The maximum absolute atomic E-state index is 11.6. The first-order valence-electron chi connectivity index (χ1n) is 7.56. The highest BCUT2D eigenvalue weighted by Gasteiger charge is 2.16. The van der Waals surface area contributed by atoms with Crippen LogP contribution in [0.15, 0.2) is 46.9 Å². The first kappa shape index (κ1) is 16.3. The van der Waals surface area contributed by atoms with Gasteiger partial charge in [-0.05, 0) is 50.2 Å². The normalized spacial score (nSPS) is 12.1. The van der Waals surface area contributed by atoms with Gasteiger partial charge in [-0.3, -0.25) is 0 Å². The molecule has 1 unspecified atom stereocenters. The zero-order chi connectivity index (χ0) is 17.1. The summed E-state index contributed by atoms with van der Waals surface area (Å²) in [6.45, 7) is 3.73. The number of esters is 1. The number of hydrogen-bond donors (Lipinski definition) is 0. The van der Waals surface area contributed by atoms with E-state index < -0.39 is 12.1 Å². The van der Waals surface area contributed by atoms with Crippen LogP contribution < -0.4 is 4.74 Å². The molecular weight excluding hydrogens is 330 g/mol. The molecule has 6 heteroatoms. The van der Waals surface area contributed by atoms with E-state index in [0.717, 1.165) is 11.1 Å². The summed E-state index contributed by atoms with van der Waals surface area (Å²) in [6.07, 6.45) is -0.665. The molecule has 0 bridgehead atoms. The third-order valence-electron chi connectivity index (χ3n) is 3.38. The number of fused-ring (bicyclic) bond motifs is 1. The molecule has 0 N–H and O–H groups in total. The van der Waals surface area contributed by atoms with E-state index in [0.29, 0.717) is 28.9 Å². The van der Waals surface area contributed by atoms with Crippen molar-refractivity contribution in [2.75, 3.05) is 6.61 Å². The molecular formula is C18H16ClNO4. The van der Waals surface area contributed by atoms with E-state index in [1.807, 2.05) is 18.2 Å². The van der Waals surface area contributed by atoms with Crippen LogP contribution in [0.3, 0.4) is 0 Å². The molecule has 0 aliphatic rings. The molecule has 1 aromatic heterocycles. The standard InChI is InChI=1S/C18H16ClNO4/c1-3-22-18(21)11(2)23-14-7-4-12(5-8-14)17-20-15-9-6-13(19)10-16(15)24-17/h4-11H,3H2,1-2H3. The van der Waals surface area contributed by atoms with E-state index >= 15 is 0 Å². The van der Waals surface area contributed by atoms with Crippen molar-refractivity contribution in [1.29, 1.82) is 0 Å². The third-order valence-corrected chi connectivity index (χ3v) is 3.62. The minimum absolute atomic E-state index is 0.327. The van der Waals surface area contributed by atoms with E-state index in [4.69, 9.17) is 25.5 Å². The summed E-state index contributed by atoms with van der Waals surface area (Å²) >= 11 is 5.95. The Morgan fingerprint density at radius 1 is 1.25 bits per heavy atom. The molecule has 1 heterocycles. The number of oxazole rings is 1. The monoisotopic (exact) mass is 345 g/mol. The number of hydrogen-bond acceptors (Lipinski definition) is 5. The smallest absolute Gasteiger partial charge is 0.347 e. The van der Waals surface area contributed by atoms with Crippen LogP contribution in [0.5, 0.6) is 5.75 Å². The summed E-state index contributed by atoms with van der Waals surface area (Å²) in [6, 6.07) is 12.5. The van der Waals surface area contributed by atoms with Crippen LogP contribution in [0.4, 0.5) is 0 Å². The summed E-state index contributed by atoms with van der Waals surface area (Å²) in [5, 5.41) is 0.599. The third kappa shape index (κ3) is 3.51. The molecule has 0 radical (unpaired) electrons. The summed E-state index contributed by atoms with van der Waals surface area (Å²) < 4.78 is 16.2. The molecule has 3 aromatic rings. The maximum Gasteiger partial charge on any atom is 0.347 e. The highest BCUT2D eigenvalue weighted by molar-refractivity contribution is 6.31. The zero-order valence-electron chi connectivity index (χ0n) is 13.3. The Balaban J connectivity index is 1.77. The van der Waals surface area contributed by atoms with E-state index in [2.05, 4.69) is 4.98 Å². The Morgan fingerprint density at radius 3 is 2.71 bits per heavy atom. The minimum Gasteiger partial charge on any atom is -0.479 e. The number of carbonyl (C=O) groups excluding carboxylic acids is 1. The Kier molecular flexibility index (Phi) is 4.71. The average molecular weight is 346 g/mol. The summed E-state index contributed by atoms with van der Waals surface area (Å²) in [5.41, 5.74) is 2.18. The van der Waals surface area contributed by atoms with Crippen LogP contribution in [-0.4, -0.2) is 23.7 Å². The Morgan fingerprint density at radius 2 is 2.00 bits per heavy atom. The zero-order valence-corrected chi connectivity index (χ0v) is 14.0. The molecule has 2 aromatic carbocycles. The fraction of sp³-hybridized carbons (Fsp3) is 0.222. The van der Waals surface area contributed by atoms with Crippen molar-refractivity contribution < 1.29 is 18.7 Å². The van der Waals surface area contributed by atoms with Crippen LogP contribution in [0.1, 0.15) is 13.8 Å². The van der Waals surface area contributed by atoms with E-state index in [1.54, 1.807) is 38.1 Å². The largest absolute Gasteiger partial charge is 0.479 e. The predicted octanol–water partition coefficient (Wildman–Crippen LogP) is 4.48. The van der Waals surface area contributed by atoms with Crippen LogP contribution in [0.25, 0.3) is 22.6 Å². The van der Waals surface area contributed by atoms with Crippen molar-refractivity contribution in [2.24, 2.45) is 0 Å². The number of halogens is 1. The lowest BCUT2D eigenvalue weighted by molar-refractivity contribution is -0.150. The molecule has 0 amide bonds. The first-order valence-corrected chi connectivity index (χ1v) is 7.94. The van der Waals surface area contributed by atoms with Gasteiger partial charge < -0.3 is 13.9 Å². The number of carbonyl (C=O) groups is 1. The van der Waals surface area contributed by atoms with Crippen LogP contribution >= 0.6 is 11.6 Å². The molecule has 0 saturated carbocycles. The average Bonchev–Trinajstić information content (AvgIpc) is 2.98. The number of nitrogens with zero attached hydrogens (tertiary/aromatic N) is 1. The molecule has 1 atom stereocenters. The van der Waals surface area contributed by atoms with Gasteiger partial charge in [0.2, 0.25) is 5.89 Å². The first-order chi connectivity index (χ1) is 11.6. The van der Waals surface area contributed by atoms with E-state index in [-0.39, 0.29) is 0 Å². The molecule has 0 saturated heterocycles. The van der Waals surface area contributed by atoms with Gasteiger partial charge in [0.1, 0.15) is 11.3 Å². The van der Waals surface area contributed by atoms with Gasteiger partial charge in [0, 0.05) is 16.7 Å². The molecule has 0 aliphatic carbocycles. The number of benzene rings is 2. The van der Waals surface area contributed by atoms with E-state index in [1.165, 1.54) is 0 Å². The van der Waals surface area contributed by atoms with Crippen molar-refractivity contribution in [3.63, 3.8) is 0 Å². The summed E-state index contributed by atoms with van der Waals surface area (Å²) in [5.74, 6) is 0.674. The topological polar surface area (TPSA) is 61.6 Å². The van der Waals surface area contributed by atoms with E-state index in [9.17, 15) is 4.79 Å². The van der Waals surface area contributed by atoms with Crippen molar-refractivity contribution in [3.8, 4) is 17.2 Å². The minimum atomic E-state index is -0.665. The summed E-state index contributed by atoms with van der Waals surface area (Å²) in [7, 11) is 0. The molecule has 3 rings (SSSR count). The SMILES string of the molecule is CCOC(=O)C(C)Oc1ccc(-c2nc3ccc(Cl)cc3o2)cc1. The number of rotatable bonds is 5. The van der Waals surface area contributed by atoms with Crippen molar-refractivity contribution in [2.45, 2.75) is 20.0 Å². The predicted molar refractivity (Wildman–Crippen MR) is 91.2 cm³/mol. The van der Waals surface area contributed by atoms with Crippen molar-refractivity contribution in [3.05, 3.63) is 47.5 Å². The molecule has 0 aliphatic heterocycles. The van der Waals surface area contributed by atoms with Gasteiger partial charge in [-0.15, -0.1) is 0 Å². The van der Waals surface area contributed by atoms with Gasteiger partial charge in [-0.1, -0.05) is 11.6 Å². The molecule has 24 heavy (non-hydrogen) atoms. The Hall–Kier alpha value is -2.53. The Labute approximate surface area is 144 Å². The molecule has 0 fully saturated rings. The second-order valence-electron chi connectivity index (χ2n) is 5.17. The van der Waals surface area contributed by atoms with Gasteiger partial charge >= 0.3 is 5.97 Å². The Bertz CT molecular complexity index is 857. The summed E-state index contributed by atoms with van der Waals surface area (Å²) in [4.78, 5) is 16.0. The van der Waals surface area contributed by atoms with Crippen molar-refractivity contribution in [1.82, 2.24) is 4.98 Å². The molecule has 0 spiro atoms. The lowest BCUT2D eigenvalue weighted by Gasteiger charge is -2.13. The van der Waals surface area contributed by atoms with Gasteiger partial charge in [-0.2, -0.15) is 0 Å². The van der Waals surface area contributed by atoms with Gasteiger partial charge in [0.15, 0.2) is 11.7 Å². The second-order valence-corrected chi connectivity index (χ2v) is 5.60.